The number of rotatable bonds is 9. The molecule has 19 heavy (non-hydrogen) atoms. The third kappa shape index (κ3) is 32.3. The van der Waals surface area contributed by atoms with Crippen molar-refractivity contribution in [3.05, 3.63) is 0 Å². The van der Waals surface area contributed by atoms with Gasteiger partial charge < -0.3 is 14.6 Å². The van der Waals surface area contributed by atoms with E-state index in [1.807, 2.05) is 0 Å². The minimum absolute atomic E-state index is 0. The van der Waals surface area contributed by atoms with E-state index in [0.29, 0.717) is 0 Å². The summed E-state index contributed by atoms with van der Waals surface area (Å²) in [6, 6.07) is 0. The molecule has 0 unspecified atom stereocenters. The van der Waals surface area contributed by atoms with Crippen LogP contribution in [0.25, 0.3) is 0 Å². The average Bonchev–Trinajstić information content (AvgIpc) is 2.26. The van der Waals surface area contributed by atoms with Gasteiger partial charge in [0.15, 0.2) is 0 Å². The molecule has 0 aliphatic heterocycles. The number of unbranched alkanes of at least 4 members (excludes halogenated alkanes) is 3. The largest absolute Gasteiger partial charge is 0.759 e. The van der Waals surface area contributed by atoms with Gasteiger partial charge in [-0.15, -0.1) is 0 Å². The maximum atomic E-state index is 8.52. The summed E-state index contributed by atoms with van der Waals surface area (Å²) in [5.74, 6) is 0. The predicted octanol–water partition coefficient (Wildman–Crippen LogP) is 2.72. The number of hydrogen-bond acceptors (Lipinski definition) is 4. The van der Waals surface area contributed by atoms with Crippen LogP contribution in [-0.4, -0.2) is 42.8 Å². The van der Waals surface area contributed by atoms with Gasteiger partial charge in [-0.25, -0.2) is 0 Å². The second kappa shape index (κ2) is 16.7. The van der Waals surface area contributed by atoms with Gasteiger partial charge in [0, 0.05) is 10.4 Å². The van der Waals surface area contributed by atoms with Crippen molar-refractivity contribution >= 4 is 30.2 Å². The van der Waals surface area contributed by atoms with Gasteiger partial charge in [-0.1, -0.05) is 0 Å². The molecule has 0 saturated heterocycles. The maximum Gasteiger partial charge on any atom is 0.0311 e. The van der Waals surface area contributed by atoms with Crippen molar-refractivity contribution in [1.82, 2.24) is 0 Å². The quantitative estimate of drug-likeness (QED) is 0.334. The van der Waals surface area contributed by atoms with Crippen LogP contribution < -0.4 is 0 Å². The van der Waals surface area contributed by atoms with Crippen LogP contribution in [0.3, 0.4) is 0 Å². The third-order valence-corrected chi connectivity index (χ3v) is 11.7. The Balaban J connectivity index is -0.000000366. The summed E-state index contributed by atoms with van der Waals surface area (Å²) >= 11 is -0.839. The van der Waals surface area contributed by atoms with E-state index >= 15 is 0 Å². The summed E-state index contributed by atoms with van der Waals surface area (Å²) in [6.07, 6.45) is 8.85. The fourth-order valence-electron chi connectivity index (χ4n) is 1.66. The molecule has 119 valence electrons. The van der Waals surface area contributed by atoms with E-state index in [1.54, 1.807) is 13.3 Å². The van der Waals surface area contributed by atoms with E-state index < -0.39 is 30.2 Å². The molecule has 0 fully saturated rings. The molecule has 0 atom stereocenters. The molecule has 0 saturated carbocycles. The van der Waals surface area contributed by atoms with Crippen LogP contribution in [0.2, 0.25) is 13.3 Å². The van der Waals surface area contributed by atoms with Gasteiger partial charge in [0.05, 0.1) is 0 Å². The van der Waals surface area contributed by atoms with E-state index in [0.717, 1.165) is 0 Å². The van der Waals surface area contributed by atoms with Gasteiger partial charge in [-0.05, 0) is 0 Å². The topological polar surface area (TPSA) is 112 Å². The molecule has 0 aliphatic rings. The van der Waals surface area contributed by atoms with Crippen LogP contribution in [0.15, 0.2) is 0 Å². The first-order valence-corrected chi connectivity index (χ1v) is 14.2. The molecule has 0 rings (SSSR count). The van der Waals surface area contributed by atoms with Gasteiger partial charge in [0.2, 0.25) is 0 Å². The molecular formula is C12H29O5SSn-2. The normalized spacial score (nSPS) is 10.6. The molecular weight excluding hydrogens is 375 g/mol. The Kier molecular flexibility index (Phi) is 21.6. The Bertz CT molecular complexity index is 230. The Hall–Kier alpha value is 0.629. The van der Waals surface area contributed by atoms with Crippen LogP contribution in [0, 0.1) is 0 Å². The smallest absolute Gasteiger partial charge is 0.0311 e. The average molecular weight is 404 g/mol. The Labute approximate surface area is 125 Å². The van der Waals surface area contributed by atoms with Crippen molar-refractivity contribution in [3.8, 4) is 0 Å². The first kappa shape index (κ1) is 24.6. The van der Waals surface area contributed by atoms with Crippen molar-refractivity contribution in [2.24, 2.45) is 0 Å². The summed E-state index contributed by atoms with van der Waals surface area (Å²) in [5, 5.41) is 0. The molecule has 0 spiro atoms. The summed E-state index contributed by atoms with van der Waals surface area (Å²) in [5.41, 5.74) is 0. The molecule has 1 radical (unpaired) electrons. The molecule has 0 aromatic carbocycles. The zero-order valence-corrected chi connectivity index (χ0v) is 16.1. The van der Waals surface area contributed by atoms with Crippen LogP contribution in [0.4, 0.5) is 0 Å². The Morgan fingerprint density at radius 1 is 0.789 bits per heavy atom. The molecule has 2 N–H and O–H groups in total. The van der Waals surface area contributed by atoms with Gasteiger partial charge in [-0.2, -0.15) is 0 Å². The summed E-state index contributed by atoms with van der Waals surface area (Å²) in [7, 11) is -5.17. The zero-order chi connectivity index (χ0) is 14.4. The van der Waals surface area contributed by atoms with E-state index in [4.69, 9.17) is 17.5 Å². The van der Waals surface area contributed by atoms with Gasteiger partial charge in [0.25, 0.3) is 0 Å². The molecule has 0 aliphatic carbocycles. The SMILES string of the molecule is CCC[CH2][Sn]([CH2]CCC)[CH2]CCC.O.O=S(=O)([O-])[O-]. The van der Waals surface area contributed by atoms with E-state index in [1.165, 1.54) is 38.5 Å². The van der Waals surface area contributed by atoms with Crippen molar-refractivity contribution in [2.45, 2.75) is 72.6 Å². The minimum atomic E-state index is -5.17. The molecule has 7 heteroatoms. The molecule has 0 aromatic heterocycles. The predicted molar refractivity (Wildman–Crippen MR) is 79.0 cm³/mol. The summed E-state index contributed by atoms with van der Waals surface area (Å²) in [6.45, 7) is 7.00. The molecule has 0 aromatic rings. The van der Waals surface area contributed by atoms with E-state index in [2.05, 4.69) is 20.8 Å². The molecule has 0 bridgehead atoms. The molecule has 0 heterocycles. The van der Waals surface area contributed by atoms with E-state index in [-0.39, 0.29) is 5.48 Å². The summed E-state index contributed by atoms with van der Waals surface area (Å²) in [4.78, 5) is 0. The van der Waals surface area contributed by atoms with Crippen LogP contribution >= 0.6 is 0 Å². The Morgan fingerprint density at radius 2 is 1.00 bits per heavy atom. The maximum absolute atomic E-state index is 8.52. The fourth-order valence-corrected chi connectivity index (χ4v) is 11.1. The summed E-state index contributed by atoms with van der Waals surface area (Å²) < 4.78 is 39.1. The second-order valence-electron chi connectivity index (χ2n) is 4.47. The number of hydrogen-bond donors (Lipinski definition) is 0. The molecule has 0 amide bonds. The first-order valence-electron chi connectivity index (χ1n) is 6.85. The Morgan fingerprint density at radius 3 is 1.16 bits per heavy atom. The van der Waals surface area contributed by atoms with Crippen molar-refractivity contribution in [3.63, 3.8) is 0 Å². The standard InChI is InChI=1S/3C4H9.H2O4S.H2O.Sn/c3*1-3-4-2;1-5(2,3)4;;/h3*1,3-4H2,2H3;(H2,1,2,3,4);1H2;/p-2. The second-order valence-corrected chi connectivity index (χ2v) is 13.8. The van der Waals surface area contributed by atoms with Crippen LogP contribution in [0.5, 0.6) is 0 Å². The van der Waals surface area contributed by atoms with Gasteiger partial charge in [-0.3, -0.25) is 8.42 Å². The van der Waals surface area contributed by atoms with Crippen molar-refractivity contribution < 1.29 is 23.0 Å². The fraction of sp³-hybridized carbons (Fsp3) is 1.00. The first-order chi connectivity index (χ1) is 8.35. The van der Waals surface area contributed by atoms with E-state index in [9.17, 15) is 0 Å². The van der Waals surface area contributed by atoms with Crippen LogP contribution in [-0.2, 0) is 10.4 Å². The van der Waals surface area contributed by atoms with Crippen LogP contribution in [0.1, 0.15) is 59.3 Å². The molecule has 5 nitrogen and oxygen atoms in total. The monoisotopic (exact) mass is 405 g/mol. The van der Waals surface area contributed by atoms with Gasteiger partial charge in [0.1, 0.15) is 0 Å². The van der Waals surface area contributed by atoms with Crippen molar-refractivity contribution in [1.29, 1.82) is 0 Å². The minimum Gasteiger partial charge on any atom is -0.759 e. The van der Waals surface area contributed by atoms with Gasteiger partial charge >= 0.3 is 92.4 Å². The third-order valence-electron chi connectivity index (χ3n) is 2.65. The zero-order valence-electron chi connectivity index (χ0n) is 12.4. The van der Waals surface area contributed by atoms with Crippen molar-refractivity contribution in [2.75, 3.05) is 0 Å².